The fourth-order valence-corrected chi connectivity index (χ4v) is 3.58. The van der Waals surface area contributed by atoms with E-state index in [4.69, 9.17) is 4.98 Å². The zero-order valence-electron chi connectivity index (χ0n) is 15.2. The molecule has 0 saturated heterocycles. The molecule has 7 nitrogen and oxygen atoms in total. The van der Waals surface area contributed by atoms with E-state index in [2.05, 4.69) is 28.2 Å². The Morgan fingerprint density at radius 2 is 2.08 bits per heavy atom. The Hall–Kier alpha value is -2.12. The van der Waals surface area contributed by atoms with Gasteiger partial charge in [0.05, 0.1) is 11.9 Å². The largest absolute Gasteiger partial charge is 0.298 e. The van der Waals surface area contributed by atoms with Crippen molar-refractivity contribution < 1.29 is 0 Å². The Labute approximate surface area is 158 Å². The van der Waals surface area contributed by atoms with Crippen molar-refractivity contribution in [2.24, 2.45) is 0 Å². The lowest BCUT2D eigenvalue weighted by Crippen LogP contribution is -2.26. The predicted octanol–water partition coefficient (Wildman–Crippen LogP) is 1.96. The number of H-pyrrole nitrogens is 1. The van der Waals surface area contributed by atoms with Crippen LogP contribution >= 0.6 is 12.4 Å². The zero-order valence-corrected chi connectivity index (χ0v) is 16.1. The summed E-state index contributed by atoms with van der Waals surface area (Å²) in [6, 6.07) is 1.92. The first kappa shape index (κ1) is 18.7. The van der Waals surface area contributed by atoms with Crippen LogP contribution < -0.4 is 5.56 Å². The first-order valence-corrected chi connectivity index (χ1v) is 8.98. The number of hydrogen-bond donors (Lipinski definition) is 1. The van der Waals surface area contributed by atoms with Crippen LogP contribution in [-0.2, 0) is 25.9 Å². The molecule has 0 fully saturated rings. The van der Waals surface area contributed by atoms with Crippen LogP contribution in [0.5, 0.6) is 0 Å². The summed E-state index contributed by atoms with van der Waals surface area (Å²) in [6.45, 7) is 7.71. The van der Waals surface area contributed by atoms with Crippen LogP contribution in [0.1, 0.15) is 35.9 Å². The third-order valence-corrected chi connectivity index (χ3v) is 4.81. The highest BCUT2D eigenvalue weighted by Gasteiger charge is 2.20. The number of rotatable bonds is 4. The Morgan fingerprint density at radius 3 is 2.88 bits per heavy atom. The Balaban J connectivity index is 0.00000196. The maximum atomic E-state index is 12.7. The minimum atomic E-state index is 0. The molecule has 0 unspecified atom stereocenters. The lowest BCUT2D eigenvalue weighted by atomic mass is 10.1. The standard InChI is InChI=1S/C18H24N6O.ClH/c1-3-6-23-12-14(10-19-23)11-22-7-4-15-16(5-8-22)20-17-9-13(2)21-24(17)18(15)25;/h9-10,12,21H,3-8,11H2,1-2H3;1H. The third kappa shape index (κ3) is 3.54. The lowest BCUT2D eigenvalue weighted by molar-refractivity contribution is 0.278. The van der Waals surface area contributed by atoms with Gasteiger partial charge in [-0.1, -0.05) is 6.92 Å². The third-order valence-electron chi connectivity index (χ3n) is 4.81. The second-order valence-corrected chi connectivity index (χ2v) is 6.86. The molecule has 0 bridgehead atoms. The van der Waals surface area contributed by atoms with Crippen LogP contribution in [0.2, 0.25) is 0 Å². The summed E-state index contributed by atoms with van der Waals surface area (Å²) in [5.74, 6) is 0. The first-order valence-electron chi connectivity index (χ1n) is 8.98. The van der Waals surface area contributed by atoms with Crippen LogP contribution in [0.15, 0.2) is 23.3 Å². The van der Waals surface area contributed by atoms with E-state index < -0.39 is 0 Å². The van der Waals surface area contributed by atoms with E-state index >= 15 is 0 Å². The highest BCUT2D eigenvalue weighted by atomic mass is 35.5. The number of aromatic nitrogens is 5. The van der Waals surface area contributed by atoms with E-state index in [9.17, 15) is 4.79 Å². The molecule has 0 atom stereocenters. The molecular weight excluding hydrogens is 352 g/mol. The average Bonchev–Trinajstić information content (AvgIpc) is 3.11. The molecule has 4 rings (SSSR count). The minimum Gasteiger partial charge on any atom is -0.298 e. The van der Waals surface area contributed by atoms with Gasteiger partial charge in [0.2, 0.25) is 0 Å². The maximum Gasteiger partial charge on any atom is 0.276 e. The summed E-state index contributed by atoms with van der Waals surface area (Å²) in [5.41, 5.74) is 4.75. The van der Waals surface area contributed by atoms with Crippen molar-refractivity contribution in [1.82, 2.24) is 29.3 Å². The van der Waals surface area contributed by atoms with Gasteiger partial charge >= 0.3 is 0 Å². The van der Waals surface area contributed by atoms with Crippen molar-refractivity contribution in [1.29, 1.82) is 0 Å². The smallest absolute Gasteiger partial charge is 0.276 e. The van der Waals surface area contributed by atoms with E-state index in [0.29, 0.717) is 0 Å². The molecule has 1 aliphatic heterocycles. The van der Waals surface area contributed by atoms with Gasteiger partial charge in [-0.3, -0.25) is 19.5 Å². The average molecular weight is 377 g/mol. The number of aromatic amines is 1. The van der Waals surface area contributed by atoms with E-state index in [-0.39, 0.29) is 18.0 Å². The quantitative estimate of drug-likeness (QED) is 0.755. The van der Waals surface area contributed by atoms with E-state index in [1.807, 2.05) is 23.9 Å². The number of fused-ring (bicyclic) bond motifs is 2. The van der Waals surface area contributed by atoms with Crippen LogP contribution in [0.4, 0.5) is 0 Å². The van der Waals surface area contributed by atoms with Crippen LogP contribution in [0.25, 0.3) is 5.65 Å². The summed E-state index contributed by atoms with van der Waals surface area (Å²) in [4.78, 5) is 19.8. The molecular formula is C18H25ClN6O. The van der Waals surface area contributed by atoms with Crippen molar-refractivity contribution in [3.63, 3.8) is 0 Å². The number of aryl methyl sites for hydroxylation is 2. The molecule has 0 radical (unpaired) electrons. The zero-order chi connectivity index (χ0) is 17.4. The number of nitrogens with one attached hydrogen (secondary N) is 1. The normalized spacial score (nSPS) is 14.8. The molecule has 3 aromatic rings. The molecule has 1 N–H and O–H groups in total. The second kappa shape index (κ2) is 7.63. The van der Waals surface area contributed by atoms with Gasteiger partial charge in [-0.25, -0.2) is 9.50 Å². The van der Waals surface area contributed by atoms with Gasteiger partial charge in [0.15, 0.2) is 5.65 Å². The van der Waals surface area contributed by atoms with E-state index in [1.54, 1.807) is 4.52 Å². The molecule has 0 aromatic carbocycles. The molecule has 0 spiro atoms. The van der Waals surface area contributed by atoms with Crippen molar-refractivity contribution >= 4 is 18.1 Å². The summed E-state index contributed by atoms with van der Waals surface area (Å²) in [7, 11) is 0. The fraction of sp³-hybridized carbons (Fsp3) is 0.500. The van der Waals surface area contributed by atoms with Gasteiger partial charge in [0, 0.05) is 61.7 Å². The van der Waals surface area contributed by atoms with Gasteiger partial charge in [-0.05, 0) is 19.8 Å². The van der Waals surface area contributed by atoms with Crippen molar-refractivity contribution in [2.45, 2.75) is 46.2 Å². The minimum absolute atomic E-state index is 0. The Kier molecular flexibility index (Phi) is 5.48. The number of halogens is 1. The molecule has 3 aromatic heterocycles. The van der Waals surface area contributed by atoms with E-state index in [0.717, 1.165) is 68.0 Å². The molecule has 26 heavy (non-hydrogen) atoms. The van der Waals surface area contributed by atoms with Gasteiger partial charge in [0.25, 0.3) is 5.56 Å². The molecule has 140 valence electrons. The lowest BCUT2D eigenvalue weighted by Gasteiger charge is -2.18. The maximum absolute atomic E-state index is 12.7. The van der Waals surface area contributed by atoms with Gasteiger partial charge in [-0.2, -0.15) is 5.10 Å². The molecule has 8 heteroatoms. The van der Waals surface area contributed by atoms with Crippen LogP contribution in [0.3, 0.4) is 0 Å². The number of nitrogens with zero attached hydrogens (tertiary/aromatic N) is 5. The summed E-state index contributed by atoms with van der Waals surface area (Å²) >= 11 is 0. The predicted molar refractivity (Wildman–Crippen MR) is 103 cm³/mol. The monoisotopic (exact) mass is 376 g/mol. The Bertz CT molecular complexity index is 956. The Morgan fingerprint density at radius 1 is 1.27 bits per heavy atom. The van der Waals surface area contributed by atoms with Crippen molar-refractivity contribution in [3.05, 3.63) is 51.3 Å². The fourth-order valence-electron chi connectivity index (χ4n) is 3.58. The van der Waals surface area contributed by atoms with Crippen molar-refractivity contribution in [2.75, 3.05) is 13.1 Å². The van der Waals surface area contributed by atoms with Gasteiger partial charge in [-0.15, -0.1) is 12.4 Å². The van der Waals surface area contributed by atoms with Crippen LogP contribution in [-0.4, -0.2) is 42.4 Å². The number of hydrogen-bond acceptors (Lipinski definition) is 4. The van der Waals surface area contributed by atoms with Crippen LogP contribution in [0, 0.1) is 6.92 Å². The summed E-state index contributed by atoms with van der Waals surface area (Å²) in [6.07, 6.45) is 6.72. The second-order valence-electron chi connectivity index (χ2n) is 6.86. The highest BCUT2D eigenvalue weighted by Crippen LogP contribution is 2.15. The molecule has 0 saturated carbocycles. The summed E-state index contributed by atoms with van der Waals surface area (Å²) < 4.78 is 3.57. The molecule has 4 heterocycles. The topological polar surface area (TPSA) is 71.2 Å². The molecule has 1 aliphatic rings. The van der Waals surface area contributed by atoms with Gasteiger partial charge < -0.3 is 0 Å². The van der Waals surface area contributed by atoms with E-state index in [1.165, 1.54) is 5.56 Å². The summed E-state index contributed by atoms with van der Waals surface area (Å²) in [5, 5.41) is 7.49. The van der Waals surface area contributed by atoms with Gasteiger partial charge in [0.1, 0.15) is 0 Å². The molecule has 0 aliphatic carbocycles. The molecule has 0 amide bonds. The van der Waals surface area contributed by atoms with Crippen molar-refractivity contribution in [3.8, 4) is 0 Å². The SMILES string of the molecule is CCCn1cc(CN2CCc3nc4cc(C)[nH]n4c(=O)c3CC2)cn1.Cl. The first-order chi connectivity index (χ1) is 12.1. The highest BCUT2D eigenvalue weighted by molar-refractivity contribution is 5.85.